The molecule has 1 fully saturated rings. The van der Waals surface area contributed by atoms with Gasteiger partial charge in [-0.05, 0) is 61.6 Å². The van der Waals surface area contributed by atoms with E-state index in [1.165, 1.54) is 50.6 Å². The third-order valence-corrected chi connectivity index (χ3v) is 7.38. The van der Waals surface area contributed by atoms with E-state index >= 15 is 0 Å². The lowest BCUT2D eigenvalue weighted by Gasteiger charge is -2.27. The van der Waals surface area contributed by atoms with E-state index in [9.17, 15) is 18.5 Å². The van der Waals surface area contributed by atoms with Gasteiger partial charge in [-0.25, -0.2) is 22.9 Å². The van der Waals surface area contributed by atoms with Crippen LogP contribution in [0.5, 0.6) is 0 Å². The van der Waals surface area contributed by atoms with Crippen molar-refractivity contribution in [3.63, 3.8) is 0 Å². The Morgan fingerprint density at radius 1 is 1.36 bits per heavy atom. The van der Waals surface area contributed by atoms with E-state index in [2.05, 4.69) is 19.9 Å². The number of urea groups is 1. The average Bonchev–Trinajstić information content (AvgIpc) is 3.29. The number of halogens is 1. The number of hydrogen-bond acceptors (Lipinski definition) is 6. The zero-order chi connectivity index (χ0) is 26.1. The van der Waals surface area contributed by atoms with Crippen LogP contribution in [0.4, 0.5) is 20.7 Å². The van der Waals surface area contributed by atoms with E-state index in [4.69, 9.17) is 15.8 Å². The Morgan fingerprint density at radius 3 is 2.72 bits per heavy atom. The van der Waals surface area contributed by atoms with Crippen LogP contribution in [0.15, 0.2) is 52.3 Å². The molecule has 4 rings (SSSR count). The molecule has 1 unspecified atom stereocenters. The maximum absolute atomic E-state index is 14.7. The molecule has 188 valence electrons. The normalized spacial score (nSPS) is 15.4. The largest absolute Gasteiger partial charge is 0.452 e. The smallest absolute Gasteiger partial charge is 0.332 e. The SMILES string of the molecule is [C-]#[N+]c1cc(-c2cc(F)cc(CC3CCC3)c2NC(=O)NS(=N)(=O)c2cc(C(C)(C)O)co2)ccn1. The third kappa shape index (κ3) is 5.56. The zero-order valence-corrected chi connectivity index (χ0v) is 20.6. The number of nitrogens with one attached hydrogen (secondary N) is 3. The fourth-order valence-electron chi connectivity index (χ4n) is 3.96. The van der Waals surface area contributed by atoms with Crippen molar-refractivity contribution in [2.24, 2.45) is 5.92 Å². The van der Waals surface area contributed by atoms with Crippen LogP contribution in [-0.2, 0) is 21.9 Å². The lowest BCUT2D eigenvalue weighted by Crippen LogP contribution is -2.34. The minimum absolute atomic E-state index is 0.113. The van der Waals surface area contributed by atoms with Gasteiger partial charge in [0.15, 0.2) is 9.92 Å². The number of aromatic nitrogens is 1. The van der Waals surface area contributed by atoms with Crippen LogP contribution >= 0.6 is 0 Å². The molecule has 1 atom stereocenters. The van der Waals surface area contributed by atoms with Crippen molar-refractivity contribution in [1.29, 1.82) is 4.78 Å². The first-order valence-corrected chi connectivity index (χ1v) is 12.9. The van der Waals surface area contributed by atoms with Crippen molar-refractivity contribution in [2.45, 2.75) is 50.2 Å². The summed E-state index contributed by atoms with van der Waals surface area (Å²) in [7, 11) is -3.91. The van der Waals surface area contributed by atoms with Crippen LogP contribution in [0.1, 0.15) is 44.2 Å². The standard InChI is InChI=1S/C25H26FN5O4S/c1-25(2,33)18-12-22(35-14-18)36(27,34)31-24(32)30-23-17(9-15-5-4-6-15)10-19(26)13-20(23)16-7-8-29-21(11-16)28-3/h7-8,10-15,33H,4-6,9H2,1-2H3,(H3,27,30,31,32,34). The van der Waals surface area contributed by atoms with Crippen LogP contribution in [-0.4, -0.2) is 20.3 Å². The number of furan rings is 1. The summed E-state index contributed by atoms with van der Waals surface area (Å²) < 4.78 is 43.1. The fraction of sp³-hybridized carbons (Fsp3) is 0.320. The van der Waals surface area contributed by atoms with Gasteiger partial charge in [0, 0.05) is 17.2 Å². The van der Waals surface area contributed by atoms with Crippen LogP contribution in [0, 0.1) is 23.1 Å². The molecule has 9 nitrogen and oxygen atoms in total. The van der Waals surface area contributed by atoms with Crippen LogP contribution in [0.2, 0.25) is 0 Å². The first-order valence-electron chi connectivity index (χ1n) is 11.3. The summed E-state index contributed by atoms with van der Waals surface area (Å²) in [6, 6.07) is 6.01. The molecule has 2 amide bonds. The number of amides is 2. The van der Waals surface area contributed by atoms with Crippen molar-refractivity contribution in [3.8, 4) is 11.1 Å². The lowest BCUT2D eigenvalue weighted by molar-refractivity contribution is 0.0779. The van der Waals surface area contributed by atoms with Crippen molar-refractivity contribution in [2.75, 3.05) is 5.32 Å². The minimum Gasteiger partial charge on any atom is -0.452 e. The monoisotopic (exact) mass is 511 g/mol. The Kier molecular flexibility index (Phi) is 6.84. The molecule has 2 heterocycles. The third-order valence-electron chi connectivity index (χ3n) is 6.13. The lowest BCUT2D eigenvalue weighted by atomic mass is 9.80. The number of aliphatic hydroxyl groups is 1. The van der Waals surface area contributed by atoms with Gasteiger partial charge in [-0.2, -0.15) is 0 Å². The van der Waals surface area contributed by atoms with Gasteiger partial charge in [0.25, 0.3) is 5.82 Å². The van der Waals surface area contributed by atoms with E-state index in [0.29, 0.717) is 40.3 Å². The van der Waals surface area contributed by atoms with E-state index in [-0.39, 0.29) is 10.9 Å². The van der Waals surface area contributed by atoms with Crippen molar-refractivity contribution >= 4 is 27.5 Å². The highest BCUT2D eigenvalue weighted by molar-refractivity contribution is 7.91. The second kappa shape index (κ2) is 9.72. The van der Waals surface area contributed by atoms with E-state index in [1.54, 1.807) is 6.07 Å². The zero-order valence-electron chi connectivity index (χ0n) is 19.8. The van der Waals surface area contributed by atoms with Crippen molar-refractivity contribution < 1.29 is 22.9 Å². The summed E-state index contributed by atoms with van der Waals surface area (Å²) in [6.45, 7) is 10.2. The van der Waals surface area contributed by atoms with Gasteiger partial charge >= 0.3 is 6.03 Å². The number of carbonyl (C=O) groups excluding carboxylic acids is 1. The van der Waals surface area contributed by atoms with Crippen LogP contribution < -0.4 is 10.0 Å². The van der Waals surface area contributed by atoms with E-state index in [0.717, 1.165) is 19.3 Å². The summed E-state index contributed by atoms with van der Waals surface area (Å²) in [5.41, 5.74) is 0.697. The molecule has 0 saturated heterocycles. The first kappa shape index (κ1) is 25.3. The topological polar surface area (TPSA) is 133 Å². The maximum atomic E-state index is 14.7. The van der Waals surface area contributed by atoms with Crippen LogP contribution in [0.25, 0.3) is 16.0 Å². The average molecular weight is 512 g/mol. The van der Waals surface area contributed by atoms with Crippen molar-refractivity contribution in [3.05, 3.63) is 71.2 Å². The predicted octanol–water partition coefficient (Wildman–Crippen LogP) is 5.74. The highest BCUT2D eigenvalue weighted by atomic mass is 32.2. The Hall–Kier alpha value is -3.75. The van der Waals surface area contributed by atoms with Gasteiger partial charge in [-0.15, -0.1) is 4.98 Å². The number of rotatable bonds is 7. The van der Waals surface area contributed by atoms with Crippen LogP contribution in [0.3, 0.4) is 0 Å². The second-order valence-corrected chi connectivity index (χ2v) is 11.0. The maximum Gasteiger partial charge on any atom is 0.332 e. The summed E-state index contributed by atoms with van der Waals surface area (Å²) in [4.78, 5) is 20.2. The van der Waals surface area contributed by atoms with Gasteiger partial charge in [0.05, 0.1) is 17.6 Å². The quantitative estimate of drug-likeness (QED) is 0.300. The van der Waals surface area contributed by atoms with E-state index < -0.39 is 27.4 Å². The molecule has 1 aliphatic rings. The summed E-state index contributed by atoms with van der Waals surface area (Å²) in [6.07, 6.45) is 6.22. The number of benzene rings is 1. The molecule has 0 aliphatic heterocycles. The molecule has 1 saturated carbocycles. The molecule has 0 radical (unpaired) electrons. The minimum atomic E-state index is -3.91. The Balaban J connectivity index is 1.68. The molecular weight excluding hydrogens is 485 g/mol. The highest BCUT2D eigenvalue weighted by Crippen LogP contribution is 2.38. The predicted molar refractivity (Wildman–Crippen MR) is 132 cm³/mol. The van der Waals surface area contributed by atoms with Gasteiger partial charge in [0.2, 0.25) is 5.09 Å². The van der Waals surface area contributed by atoms with E-state index in [1.807, 2.05) is 0 Å². The number of nitrogens with zero attached hydrogens (tertiary/aromatic N) is 2. The molecule has 4 N–H and O–H groups in total. The molecule has 3 aromatic rings. The molecule has 0 bridgehead atoms. The first-order chi connectivity index (χ1) is 17.0. The molecule has 1 aliphatic carbocycles. The summed E-state index contributed by atoms with van der Waals surface area (Å²) in [5, 5.41) is 12.4. The highest BCUT2D eigenvalue weighted by Gasteiger charge is 2.26. The fourth-order valence-corrected chi connectivity index (χ4v) is 4.85. The number of carbonyl (C=O) groups is 1. The number of anilines is 1. The number of pyridine rings is 1. The molecule has 36 heavy (non-hydrogen) atoms. The van der Waals surface area contributed by atoms with Gasteiger partial charge in [-0.3, -0.25) is 0 Å². The molecule has 11 heteroatoms. The van der Waals surface area contributed by atoms with Crippen molar-refractivity contribution in [1.82, 2.24) is 9.71 Å². The van der Waals surface area contributed by atoms with Gasteiger partial charge in [-0.1, -0.05) is 25.8 Å². The Labute approximate surface area is 208 Å². The summed E-state index contributed by atoms with van der Waals surface area (Å²) >= 11 is 0. The van der Waals surface area contributed by atoms with Gasteiger partial charge < -0.3 is 19.7 Å². The Bertz CT molecular complexity index is 1450. The Morgan fingerprint density at radius 2 is 2.11 bits per heavy atom. The molecular formula is C25H26FN5O4S. The molecule has 1 aromatic carbocycles. The summed E-state index contributed by atoms with van der Waals surface area (Å²) in [5.74, 6) is -0.0314. The molecule has 2 aromatic heterocycles. The van der Waals surface area contributed by atoms with Gasteiger partial charge in [0.1, 0.15) is 12.0 Å². The second-order valence-electron chi connectivity index (χ2n) is 9.33. The molecule has 0 spiro atoms. The number of hydrogen-bond donors (Lipinski definition) is 4.